The van der Waals surface area contributed by atoms with E-state index in [-0.39, 0.29) is 13.0 Å². The van der Waals surface area contributed by atoms with Crippen molar-refractivity contribution >= 4 is 0 Å². The molecule has 0 fully saturated rings. The van der Waals surface area contributed by atoms with Gasteiger partial charge in [-0.05, 0) is 18.1 Å². The van der Waals surface area contributed by atoms with Gasteiger partial charge in [-0.25, -0.2) is 4.39 Å². The first-order valence-corrected chi connectivity index (χ1v) is 4.92. The van der Waals surface area contributed by atoms with Gasteiger partial charge >= 0.3 is 0 Å². The molecule has 0 radical (unpaired) electrons. The predicted molar refractivity (Wildman–Crippen MR) is 57.0 cm³/mol. The first kappa shape index (κ1) is 11.9. The van der Waals surface area contributed by atoms with E-state index in [0.717, 1.165) is 5.56 Å². The molecule has 1 aromatic rings. The molecule has 3 heteroatoms. The standard InChI is InChI=1S/C12H15FO2/c13-11(12(15)8-9-14)7-6-10-4-2-1-3-5-10/h1-5,7,12,14-15H,6,8-9H2/b11-7-/t12-/m0/s1. The van der Waals surface area contributed by atoms with Crippen molar-refractivity contribution in [1.82, 2.24) is 0 Å². The van der Waals surface area contributed by atoms with E-state index in [4.69, 9.17) is 5.11 Å². The van der Waals surface area contributed by atoms with E-state index in [9.17, 15) is 9.50 Å². The van der Waals surface area contributed by atoms with Crippen LogP contribution >= 0.6 is 0 Å². The van der Waals surface area contributed by atoms with E-state index in [1.54, 1.807) is 0 Å². The molecule has 1 atom stereocenters. The zero-order chi connectivity index (χ0) is 11.1. The van der Waals surface area contributed by atoms with Gasteiger partial charge in [0.25, 0.3) is 0 Å². The Bertz CT molecular complexity index is 309. The highest BCUT2D eigenvalue weighted by molar-refractivity contribution is 5.18. The molecular formula is C12H15FO2. The monoisotopic (exact) mass is 210 g/mol. The summed E-state index contributed by atoms with van der Waals surface area (Å²) >= 11 is 0. The SMILES string of the molecule is OCC[C@H](O)/C(F)=C/Cc1ccccc1. The maximum atomic E-state index is 13.2. The van der Waals surface area contributed by atoms with E-state index >= 15 is 0 Å². The first-order chi connectivity index (χ1) is 7.24. The Labute approximate surface area is 88.7 Å². The summed E-state index contributed by atoms with van der Waals surface area (Å²) in [6.45, 7) is -0.215. The first-order valence-electron chi connectivity index (χ1n) is 4.92. The fourth-order valence-electron chi connectivity index (χ4n) is 1.23. The van der Waals surface area contributed by atoms with Crippen LogP contribution in [0.1, 0.15) is 12.0 Å². The van der Waals surface area contributed by atoms with Gasteiger partial charge in [0.15, 0.2) is 0 Å². The van der Waals surface area contributed by atoms with E-state index in [2.05, 4.69) is 0 Å². The molecule has 2 N–H and O–H groups in total. The number of aliphatic hydroxyl groups excluding tert-OH is 2. The molecule has 0 aliphatic heterocycles. The number of halogens is 1. The molecule has 0 amide bonds. The lowest BCUT2D eigenvalue weighted by atomic mass is 10.1. The Morgan fingerprint density at radius 2 is 2.00 bits per heavy atom. The Kier molecular flexibility index (Phi) is 5.01. The van der Waals surface area contributed by atoms with Crippen LogP contribution in [0.25, 0.3) is 0 Å². The number of hydrogen-bond donors (Lipinski definition) is 2. The third kappa shape index (κ3) is 4.23. The normalized spacial score (nSPS) is 13.9. The van der Waals surface area contributed by atoms with Crippen molar-refractivity contribution < 1.29 is 14.6 Å². The quantitative estimate of drug-likeness (QED) is 0.778. The zero-order valence-corrected chi connectivity index (χ0v) is 8.44. The van der Waals surface area contributed by atoms with E-state index in [0.29, 0.717) is 6.42 Å². The van der Waals surface area contributed by atoms with E-state index in [1.807, 2.05) is 30.3 Å². The van der Waals surface area contributed by atoms with Crippen LogP contribution in [0, 0.1) is 0 Å². The highest BCUT2D eigenvalue weighted by atomic mass is 19.1. The lowest BCUT2D eigenvalue weighted by molar-refractivity contribution is 0.140. The van der Waals surface area contributed by atoms with Gasteiger partial charge in [-0.15, -0.1) is 0 Å². The van der Waals surface area contributed by atoms with Gasteiger partial charge in [0.2, 0.25) is 0 Å². The molecule has 0 saturated carbocycles. The summed E-state index contributed by atoms with van der Waals surface area (Å²) in [5, 5.41) is 17.7. The minimum atomic E-state index is -1.18. The molecule has 0 saturated heterocycles. The van der Waals surface area contributed by atoms with Crippen LogP contribution in [0.4, 0.5) is 4.39 Å². The smallest absolute Gasteiger partial charge is 0.125 e. The Hall–Kier alpha value is -1.19. The van der Waals surface area contributed by atoms with Crippen LogP contribution in [-0.2, 0) is 6.42 Å². The number of aliphatic hydroxyl groups is 2. The van der Waals surface area contributed by atoms with Crippen molar-refractivity contribution in [1.29, 1.82) is 0 Å². The van der Waals surface area contributed by atoms with Gasteiger partial charge in [0, 0.05) is 13.0 Å². The third-order valence-electron chi connectivity index (χ3n) is 2.10. The molecule has 1 aromatic carbocycles. The Morgan fingerprint density at radius 1 is 1.33 bits per heavy atom. The topological polar surface area (TPSA) is 40.5 Å². The fourth-order valence-corrected chi connectivity index (χ4v) is 1.23. The molecular weight excluding hydrogens is 195 g/mol. The zero-order valence-electron chi connectivity index (χ0n) is 8.44. The van der Waals surface area contributed by atoms with Crippen molar-refractivity contribution in [2.75, 3.05) is 6.61 Å². The van der Waals surface area contributed by atoms with Gasteiger partial charge in [-0.2, -0.15) is 0 Å². The molecule has 0 spiro atoms. The molecule has 0 bridgehead atoms. The molecule has 0 heterocycles. The van der Waals surface area contributed by atoms with E-state index < -0.39 is 11.9 Å². The van der Waals surface area contributed by atoms with Gasteiger partial charge in [0.05, 0.1) is 0 Å². The Morgan fingerprint density at radius 3 is 2.60 bits per heavy atom. The maximum absolute atomic E-state index is 13.2. The summed E-state index contributed by atoms with van der Waals surface area (Å²) in [6, 6.07) is 9.44. The molecule has 0 unspecified atom stereocenters. The third-order valence-corrected chi connectivity index (χ3v) is 2.10. The Balaban J connectivity index is 2.50. The van der Waals surface area contributed by atoms with Crippen LogP contribution in [0.2, 0.25) is 0 Å². The van der Waals surface area contributed by atoms with Crippen LogP contribution in [0.3, 0.4) is 0 Å². The lowest BCUT2D eigenvalue weighted by Gasteiger charge is -2.05. The van der Waals surface area contributed by atoms with Gasteiger partial charge in [-0.3, -0.25) is 0 Å². The highest BCUT2D eigenvalue weighted by Gasteiger charge is 2.08. The van der Waals surface area contributed by atoms with Crippen molar-refractivity contribution in [2.45, 2.75) is 18.9 Å². The number of hydrogen-bond acceptors (Lipinski definition) is 2. The average Bonchev–Trinajstić information content (AvgIpc) is 2.27. The number of benzene rings is 1. The summed E-state index contributed by atoms with van der Waals surface area (Å²) in [4.78, 5) is 0. The molecule has 82 valence electrons. The van der Waals surface area contributed by atoms with Gasteiger partial charge < -0.3 is 10.2 Å². The summed E-state index contributed by atoms with van der Waals surface area (Å²) in [5.41, 5.74) is 0.990. The highest BCUT2D eigenvalue weighted by Crippen LogP contribution is 2.10. The predicted octanol–water partition coefficient (Wildman–Crippen LogP) is 1.83. The number of rotatable bonds is 5. The molecule has 0 aromatic heterocycles. The molecule has 0 aliphatic carbocycles. The maximum Gasteiger partial charge on any atom is 0.125 e. The lowest BCUT2D eigenvalue weighted by Crippen LogP contribution is -2.09. The average molecular weight is 210 g/mol. The van der Waals surface area contributed by atoms with E-state index in [1.165, 1.54) is 6.08 Å². The second-order valence-corrected chi connectivity index (χ2v) is 3.31. The van der Waals surface area contributed by atoms with Crippen molar-refractivity contribution in [3.63, 3.8) is 0 Å². The van der Waals surface area contributed by atoms with Crippen molar-refractivity contribution in [2.24, 2.45) is 0 Å². The summed E-state index contributed by atoms with van der Waals surface area (Å²) < 4.78 is 13.2. The minimum Gasteiger partial charge on any atom is -0.396 e. The second kappa shape index (κ2) is 6.32. The molecule has 2 nitrogen and oxygen atoms in total. The number of allylic oxidation sites excluding steroid dienone is 1. The molecule has 0 aliphatic rings. The fraction of sp³-hybridized carbons (Fsp3) is 0.333. The van der Waals surface area contributed by atoms with Crippen LogP contribution in [-0.4, -0.2) is 22.9 Å². The molecule has 1 rings (SSSR count). The van der Waals surface area contributed by atoms with Crippen molar-refractivity contribution in [3.8, 4) is 0 Å². The van der Waals surface area contributed by atoms with Crippen LogP contribution < -0.4 is 0 Å². The van der Waals surface area contributed by atoms with Gasteiger partial charge in [0.1, 0.15) is 11.9 Å². The second-order valence-electron chi connectivity index (χ2n) is 3.31. The van der Waals surface area contributed by atoms with Crippen LogP contribution in [0.15, 0.2) is 42.2 Å². The summed E-state index contributed by atoms with van der Waals surface area (Å²) in [7, 11) is 0. The minimum absolute atomic E-state index is 0.0388. The van der Waals surface area contributed by atoms with Crippen LogP contribution in [0.5, 0.6) is 0 Å². The van der Waals surface area contributed by atoms with Gasteiger partial charge in [-0.1, -0.05) is 30.3 Å². The largest absolute Gasteiger partial charge is 0.396 e. The summed E-state index contributed by atoms with van der Waals surface area (Å²) in [6.07, 6.45) is 0.654. The molecule has 15 heavy (non-hydrogen) atoms. The van der Waals surface area contributed by atoms with Crippen molar-refractivity contribution in [3.05, 3.63) is 47.8 Å². The summed E-state index contributed by atoms with van der Waals surface area (Å²) in [5.74, 6) is -0.576.